The maximum Gasteiger partial charge on any atom is 0.0175 e. The smallest absolute Gasteiger partial charge is 0.0175 e. The minimum absolute atomic E-state index is 0.715. The molecule has 12 heavy (non-hydrogen) atoms. The summed E-state index contributed by atoms with van der Waals surface area (Å²) in [6.45, 7) is 0.715. The van der Waals surface area contributed by atoms with Crippen LogP contribution in [0.5, 0.6) is 0 Å². The van der Waals surface area contributed by atoms with Gasteiger partial charge in [0, 0.05) is 4.47 Å². The normalized spacial score (nSPS) is 10.8. The van der Waals surface area contributed by atoms with E-state index >= 15 is 0 Å². The van der Waals surface area contributed by atoms with Gasteiger partial charge in [-0.2, -0.15) is 0 Å². The van der Waals surface area contributed by atoms with Gasteiger partial charge in [-0.3, -0.25) is 0 Å². The van der Waals surface area contributed by atoms with Crippen molar-refractivity contribution >= 4 is 22.0 Å². The summed E-state index contributed by atoms with van der Waals surface area (Å²) in [6, 6.07) is 8.19. The van der Waals surface area contributed by atoms with Gasteiger partial charge in [-0.25, -0.2) is 0 Å². The molecule has 0 radical (unpaired) electrons. The van der Waals surface area contributed by atoms with Crippen LogP contribution < -0.4 is 5.73 Å². The van der Waals surface area contributed by atoms with Crippen molar-refractivity contribution in [3.8, 4) is 0 Å². The van der Waals surface area contributed by atoms with Crippen LogP contribution in [0.4, 0.5) is 0 Å². The summed E-state index contributed by atoms with van der Waals surface area (Å²) in [5, 5.41) is 0. The SMILES string of the molecule is NCC/C=C/c1ccc(Br)cc1. The molecular formula is C10H12BrN. The molecule has 2 N–H and O–H groups in total. The molecule has 2 heteroatoms. The first-order valence-corrected chi connectivity index (χ1v) is 4.74. The average Bonchev–Trinajstić information content (AvgIpc) is 2.09. The van der Waals surface area contributed by atoms with Crippen molar-refractivity contribution in [2.75, 3.05) is 6.54 Å². The molecule has 0 saturated carbocycles. The Hall–Kier alpha value is -0.600. The summed E-state index contributed by atoms with van der Waals surface area (Å²) in [4.78, 5) is 0. The lowest BCUT2D eigenvalue weighted by Gasteiger charge is -1.92. The van der Waals surface area contributed by atoms with E-state index in [1.54, 1.807) is 0 Å². The number of rotatable bonds is 3. The molecule has 0 unspecified atom stereocenters. The van der Waals surface area contributed by atoms with Crippen LogP contribution in [-0.2, 0) is 0 Å². The average molecular weight is 226 g/mol. The standard InChI is InChI=1S/C10H12BrN/c11-10-6-4-9(5-7-10)3-1-2-8-12/h1,3-7H,2,8,12H2/b3-1+. The van der Waals surface area contributed by atoms with Gasteiger partial charge in [-0.15, -0.1) is 0 Å². The molecule has 0 atom stereocenters. The molecule has 1 aromatic carbocycles. The Morgan fingerprint density at radius 2 is 1.92 bits per heavy atom. The minimum Gasteiger partial charge on any atom is -0.330 e. The zero-order valence-corrected chi connectivity index (χ0v) is 8.42. The Kier molecular flexibility index (Phi) is 4.05. The highest BCUT2D eigenvalue weighted by molar-refractivity contribution is 9.10. The highest BCUT2D eigenvalue weighted by Crippen LogP contribution is 2.11. The van der Waals surface area contributed by atoms with Gasteiger partial charge in [0.05, 0.1) is 0 Å². The Bertz CT molecular complexity index is 251. The zero-order valence-electron chi connectivity index (χ0n) is 6.83. The summed E-state index contributed by atoms with van der Waals surface area (Å²) >= 11 is 3.38. The van der Waals surface area contributed by atoms with Crippen LogP contribution in [0, 0.1) is 0 Å². The molecule has 1 aromatic rings. The molecule has 0 spiro atoms. The maximum absolute atomic E-state index is 5.36. The molecule has 0 amide bonds. The van der Waals surface area contributed by atoms with Crippen molar-refractivity contribution in [2.24, 2.45) is 5.73 Å². The molecule has 1 nitrogen and oxygen atoms in total. The van der Waals surface area contributed by atoms with E-state index in [4.69, 9.17) is 5.73 Å². The lowest BCUT2D eigenvalue weighted by Crippen LogP contribution is -1.94. The topological polar surface area (TPSA) is 26.0 Å². The van der Waals surface area contributed by atoms with Crippen molar-refractivity contribution in [3.05, 3.63) is 40.4 Å². The van der Waals surface area contributed by atoms with Gasteiger partial charge in [0.25, 0.3) is 0 Å². The van der Waals surface area contributed by atoms with Gasteiger partial charge in [-0.1, -0.05) is 40.2 Å². The number of nitrogens with two attached hydrogens (primary N) is 1. The van der Waals surface area contributed by atoms with E-state index in [9.17, 15) is 0 Å². The van der Waals surface area contributed by atoms with Gasteiger partial charge in [-0.05, 0) is 30.7 Å². The lowest BCUT2D eigenvalue weighted by atomic mass is 10.2. The molecular weight excluding hydrogens is 214 g/mol. The van der Waals surface area contributed by atoms with E-state index in [1.807, 2.05) is 12.1 Å². The van der Waals surface area contributed by atoms with Crippen LogP contribution in [0.2, 0.25) is 0 Å². The predicted octanol–water partition coefficient (Wildman–Crippen LogP) is 2.81. The summed E-state index contributed by atoms with van der Waals surface area (Å²) < 4.78 is 1.11. The third-order valence-electron chi connectivity index (χ3n) is 1.51. The number of hydrogen-bond acceptors (Lipinski definition) is 1. The summed E-state index contributed by atoms with van der Waals surface area (Å²) in [5.74, 6) is 0. The van der Waals surface area contributed by atoms with Gasteiger partial charge >= 0.3 is 0 Å². The molecule has 0 fully saturated rings. The minimum atomic E-state index is 0.715. The maximum atomic E-state index is 5.36. The van der Waals surface area contributed by atoms with Crippen molar-refractivity contribution < 1.29 is 0 Å². The molecule has 1 rings (SSSR count). The fraction of sp³-hybridized carbons (Fsp3) is 0.200. The van der Waals surface area contributed by atoms with E-state index in [0.29, 0.717) is 6.54 Å². The van der Waals surface area contributed by atoms with E-state index in [2.05, 4.69) is 40.2 Å². The largest absolute Gasteiger partial charge is 0.330 e. The van der Waals surface area contributed by atoms with Crippen LogP contribution in [0.25, 0.3) is 6.08 Å². The highest BCUT2D eigenvalue weighted by atomic mass is 79.9. The van der Waals surface area contributed by atoms with Crippen molar-refractivity contribution in [1.82, 2.24) is 0 Å². The first kappa shape index (κ1) is 9.49. The lowest BCUT2D eigenvalue weighted by molar-refractivity contribution is 1.01. The highest BCUT2D eigenvalue weighted by Gasteiger charge is 1.85. The fourth-order valence-corrected chi connectivity index (χ4v) is 1.15. The second kappa shape index (κ2) is 5.12. The van der Waals surface area contributed by atoms with Crippen molar-refractivity contribution in [3.63, 3.8) is 0 Å². The Labute approximate surface area is 81.4 Å². The predicted molar refractivity (Wildman–Crippen MR) is 56.8 cm³/mol. The van der Waals surface area contributed by atoms with Crippen molar-refractivity contribution in [1.29, 1.82) is 0 Å². The molecule has 0 saturated heterocycles. The van der Waals surface area contributed by atoms with E-state index in [-0.39, 0.29) is 0 Å². The fourth-order valence-electron chi connectivity index (χ4n) is 0.890. The second-order valence-corrected chi connectivity index (χ2v) is 3.45. The Morgan fingerprint density at radius 3 is 2.50 bits per heavy atom. The Morgan fingerprint density at radius 1 is 1.25 bits per heavy atom. The van der Waals surface area contributed by atoms with Crippen molar-refractivity contribution in [2.45, 2.75) is 6.42 Å². The van der Waals surface area contributed by atoms with Gasteiger partial charge in [0.2, 0.25) is 0 Å². The first-order valence-electron chi connectivity index (χ1n) is 3.95. The monoisotopic (exact) mass is 225 g/mol. The molecule has 0 bridgehead atoms. The summed E-state index contributed by atoms with van der Waals surface area (Å²) in [5.41, 5.74) is 6.57. The van der Waals surface area contributed by atoms with Crippen LogP contribution in [0.1, 0.15) is 12.0 Å². The van der Waals surface area contributed by atoms with Crippen LogP contribution >= 0.6 is 15.9 Å². The van der Waals surface area contributed by atoms with Gasteiger partial charge in [0.15, 0.2) is 0 Å². The molecule has 0 aromatic heterocycles. The zero-order chi connectivity index (χ0) is 8.81. The molecule has 0 aliphatic carbocycles. The van der Waals surface area contributed by atoms with Crippen LogP contribution in [0.15, 0.2) is 34.8 Å². The third kappa shape index (κ3) is 3.20. The van der Waals surface area contributed by atoms with E-state index in [0.717, 1.165) is 10.9 Å². The summed E-state index contributed by atoms with van der Waals surface area (Å²) in [7, 11) is 0. The molecule has 64 valence electrons. The quantitative estimate of drug-likeness (QED) is 0.842. The Balaban J connectivity index is 2.58. The van der Waals surface area contributed by atoms with E-state index in [1.165, 1.54) is 5.56 Å². The summed E-state index contributed by atoms with van der Waals surface area (Å²) in [6.07, 6.45) is 5.11. The second-order valence-electron chi connectivity index (χ2n) is 2.53. The molecule has 0 aliphatic rings. The number of hydrogen-bond donors (Lipinski definition) is 1. The third-order valence-corrected chi connectivity index (χ3v) is 2.04. The first-order chi connectivity index (χ1) is 5.83. The van der Waals surface area contributed by atoms with Crippen LogP contribution in [0.3, 0.4) is 0 Å². The van der Waals surface area contributed by atoms with Gasteiger partial charge < -0.3 is 5.73 Å². The number of benzene rings is 1. The van der Waals surface area contributed by atoms with Gasteiger partial charge in [0.1, 0.15) is 0 Å². The molecule has 0 aliphatic heterocycles. The van der Waals surface area contributed by atoms with E-state index < -0.39 is 0 Å². The van der Waals surface area contributed by atoms with Crippen LogP contribution in [-0.4, -0.2) is 6.54 Å². The molecule has 0 heterocycles. The number of halogens is 1.